The lowest BCUT2D eigenvalue weighted by molar-refractivity contribution is -0.124. The van der Waals surface area contributed by atoms with E-state index >= 15 is 0 Å². The zero-order valence-electron chi connectivity index (χ0n) is 13.4. The minimum absolute atomic E-state index is 0.0586. The molecule has 0 aliphatic carbocycles. The van der Waals surface area contributed by atoms with Crippen LogP contribution in [0.3, 0.4) is 0 Å². The molecule has 0 unspecified atom stereocenters. The monoisotopic (exact) mass is 342 g/mol. The molecule has 0 bridgehead atoms. The molecule has 2 amide bonds. The predicted molar refractivity (Wildman–Crippen MR) is 81.6 cm³/mol. The van der Waals surface area contributed by atoms with Gasteiger partial charge in [0.1, 0.15) is 5.75 Å². The van der Waals surface area contributed by atoms with Crippen molar-refractivity contribution in [3.05, 3.63) is 29.8 Å². The van der Waals surface area contributed by atoms with E-state index in [0.29, 0.717) is 32.5 Å². The second kappa shape index (κ2) is 8.47. The average molecular weight is 342 g/mol. The third-order valence-electron chi connectivity index (χ3n) is 3.65. The highest BCUT2D eigenvalue weighted by atomic mass is 19.2. The van der Waals surface area contributed by atoms with Gasteiger partial charge in [-0.25, -0.2) is 13.6 Å². The number of nitrogens with zero attached hydrogens (tertiary/aromatic N) is 1. The van der Waals surface area contributed by atoms with E-state index in [1.807, 2.05) is 0 Å². The Kier molecular flexibility index (Phi) is 6.34. The number of amides is 2. The van der Waals surface area contributed by atoms with Crippen LogP contribution in [-0.4, -0.2) is 49.2 Å². The first-order chi connectivity index (χ1) is 11.5. The third-order valence-corrected chi connectivity index (χ3v) is 3.65. The van der Waals surface area contributed by atoms with E-state index in [2.05, 4.69) is 5.32 Å². The number of ether oxygens (including phenoxy) is 2. The number of likely N-dealkylation sites (tertiary alicyclic amines) is 1. The molecule has 0 aromatic heterocycles. The van der Waals surface area contributed by atoms with Crippen LogP contribution in [0.4, 0.5) is 13.6 Å². The first-order valence-electron chi connectivity index (χ1n) is 7.78. The van der Waals surface area contributed by atoms with Gasteiger partial charge in [0.2, 0.25) is 0 Å². The minimum atomic E-state index is -1.03. The number of hydrogen-bond acceptors (Lipinski definition) is 4. The van der Waals surface area contributed by atoms with Crippen LogP contribution in [-0.2, 0) is 9.53 Å². The maximum absolute atomic E-state index is 13.0. The van der Waals surface area contributed by atoms with Crippen molar-refractivity contribution >= 4 is 12.0 Å². The Balaban J connectivity index is 1.71. The first kappa shape index (κ1) is 18.0. The molecule has 1 aliphatic heterocycles. The molecule has 0 radical (unpaired) electrons. The molecule has 0 spiro atoms. The van der Waals surface area contributed by atoms with Gasteiger partial charge in [0, 0.05) is 25.2 Å². The fourth-order valence-corrected chi connectivity index (χ4v) is 2.41. The lowest BCUT2D eigenvalue weighted by Crippen LogP contribution is -2.47. The molecule has 1 aliphatic rings. The Morgan fingerprint density at radius 2 is 1.96 bits per heavy atom. The molecule has 1 fully saturated rings. The summed E-state index contributed by atoms with van der Waals surface area (Å²) in [4.78, 5) is 25.0. The standard InChI is InChI=1S/C16H20F2N2O4/c1-2-23-16(22)20-7-5-11(6-8-20)19-15(21)10-24-12-3-4-13(17)14(18)9-12/h3-4,9,11H,2,5-8,10H2,1H3,(H,19,21). The molecular formula is C16H20F2N2O4. The molecular weight excluding hydrogens is 322 g/mol. The summed E-state index contributed by atoms with van der Waals surface area (Å²) in [5.74, 6) is -2.27. The number of piperidine rings is 1. The summed E-state index contributed by atoms with van der Waals surface area (Å²) in [5.41, 5.74) is 0. The molecule has 1 heterocycles. The molecule has 1 saturated heterocycles. The van der Waals surface area contributed by atoms with Crippen molar-refractivity contribution in [2.24, 2.45) is 0 Å². The SMILES string of the molecule is CCOC(=O)N1CCC(NC(=O)COc2ccc(F)c(F)c2)CC1. The number of carbonyl (C=O) groups is 2. The van der Waals surface area contributed by atoms with Crippen molar-refractivity contribution in [3.8, 4) is 5.75 Å². The van der Waals surface area contributed by atoms with Crippen LogP contribution in [0.25, 0.3) is 0 Å². The van der Waals surface area contributed by atoms with Crippen LogP contribution in [0.2, 0.25) is 0 Å². The van der Waals surface area contributed by atoms with Gasteiger partial charge in [-0.1, -0.05) is 0 Å². The highest BCUT2D eigenvalue weighted by Gasteiger charge is 2.24. The van der Waals surface area contributed by atoms with Crippen LogP contribution in [0.15, 0.2) is 18.2 Å². The zero-order valence-corrected chi connectivity index (χ0v) is 13.4. The second-order valence-electron chi connectivity index (χ2n) is 5.39. The predicted octanol–water partition coefficient (Wildman–Crippen LogP) is 2.08. The van der Waals surface area contributed by atoms with Crippen molar-refractivity contribution in [2.75, 3.05) is 26.3 Å². The number of halogens is 2. The smallest absolute Gasteiger partial charge is 0.409 e. The Morgan fingerprint density at radius 1 is 1.25 bits per heavy atom. The maximum atomic E-state index is 13.0. The largest absolute Gasteiger partial charge is 0.484 e. The number of benzene rings is 1. The van der Waals surface area contributed by atoms with Gasteiger partial charge in [-0.05, 0) is 31.9 Å². The van der Waals surface area contributed by atoms with Gasteiger partial charge in [-0.3, -0.25) is 4.79 Å². The van der Waals surface area contributed by atoms with Crippen LogP contribution < -0.4 is 10.1 Å². The second-order valence-corrected chi connectivity index (χ2v) is 5.39. The van der Waals surface area contributed by atoms with Crippen LogP contribution in [0, 0.1) is 11.6 Å². The van der Waals surface area contributed by atoms with Crippen LogP contribution in [0.5, 0.6) is 5.75 Å². The Hall–Kier alpha value is -2.38. The molecule has 0 saturated carbocycles. The summed E-state index contributed by atoms with van der Waals surface area (Å²) in [6.07, 6.45) is 0.898. The van der Waals surface area contributed by atoms with Gasteiger partial charge in [-0.2, -0.15) is 0 Å². The molecule has 24 heavy (non-hydrogen) atoms. The minimum Gasteiger partial charge on any atom is -0.484 e. The molecule has 1 aromatic carbocycles. The fourth-order valence-electron chi connectivity index (χ4n) is 2.41. The number of carbonyl (C=O) groups excluding carboxylic acids is 2. The Labute approximate surface area is 138 Å². The molecule has 6 nitrogen and oxygen atoms in total. The van der Waals surface area contributed by atoms with Crippen molar-refractivity contribution in [2.45, 2.75) is 25.8 Å². The average Bonchev–Trinajstić information content (AvgIpc) is 2.57. The van der Waals surface area contributed by atoms with Crippen LogP contribution in [0.1, 0.15) is 19.8 Å². The molecule has 1 N–H and O–H groups in total. The van der Waals surface area contributed by atoms with Crippen molar-refractivity contribution < 1.29 is 27.8 Å². The van der Waals surface area contributed by atoms with Crippen molar-refractivity contribution in [3.63, 3.8) is 0 Å². The van der Waals surface area contributed by atoms with E-state index in [1.54, 1.807) is 11.8 Å². The van der Waals surface area contributed by atoms with Gasteiger partial charge >= 0.3 is 6.09 Å². The van der Waals surface area contributed by atoms with Crippen LogP contribution >= 0.6 is 0 Å². The highest BCUT2D eigenvalue weighted by Crippen LogP contribution is 2.15. The topological polar surface area (TPSA) is 67.9 Å². The van der Waals surface area contributed by atoms with Gasteiger partial charge in [0.25, 0.3) is 5.91 Å². The number of nitrogens with one attached hydrogen (secondary N) is 1. The Morgan fingerprint density at radius 3 is 2.58 bits per heavy atom. The lowest BCUT2D eigenvalue weighted by atomic mass is 10.1. The van der Waals surface area contributed by atoms with E-state index < -0.39 is 11.6 Å². The highest BCUT2D eigenvalue weighted by molar-refractivity contribution is 5.78. The van der Waals surface area contributed by atoms with Gasteiger partial charge < -0.3 is 19.7 Å². The fraction of sp³-hybridized carbons (Fsp3) is 0.500. The maximum Gasteiger partial charge on any atom is 0.409 e. The van der Waals surface area contributed by atoms with E-state index in [1.165, 1.54) is 6.07 Å². The van der Waals surface area contributed by atoms with Gasteiger partial charge in [0.05, 0.1) is 6.61 Å². The molecule has 0 atom stereocenters. The lowest BCUT2D eigenvalue weighted by Gasteiger charge is -2.31. The summed E-state index contributed by atoms with van der Waals surface area (Å²) < 4.78 is 35.9. The van der Waals surface area contributed by atoms with Gasteiger partial charge in [0.15, 0.2) is 18.2 Å². The normalized spacial score (nSPS) is 15.0. The third kappa shape index (κ3) is 5.07. The van der Waals surface area contributed by atoms with Crippen molar-refractivity contribution in [1.82, 2.24) is 10.2 Å². The van der Waals surface area contributed by atoms with Crippen molar-refractivity contribution in [1.29, 1.82) is 0 Å². The van der Waals surface area contributed by atoms with E-state index in [9.17, 15) is 18.4 Å². The summed E-state index contributed by atoms with van der Waals surface area (Å²) in [6.45, 7) is 2.81. The molecule has 2 rings (SSSR count). The Bertz CT molecular complexity index is 589. The summed E-state index contributed by atoms with van der Waals surface area (Å²) in [7, 11) is 0. The quantitative estimate of drug-likeness (QED) is 0.890. The zero-order chi connectivity index (χ0) is 17.5. The summed E-state index contributed by atoms with van der Waals surface area (Å²) >= 11 is 0. The molecule has 1 aromatic rings. The molecule has 132 valence electrons. The van der Waals surface area contributed by atoms with E-state index in [4.69, 9.17) is 9.47 Å². The van der Waals surface area contributed by atoms with E-state index in [0.717, 1.165) is 12.1 Å². The van der Waals surface area contributed by atoms with Gasteiger partial charge in [-0.15, -0.1) is 0 Å². The first-order valence-corrected chi connectivity index (χ1v) is 7.78. The number of hydrogen-bond donors (Lipinski definition) is 1. The van der Waals surface area contributed by atoms with E-state index in [-0.39, 0.29) is 30.4 Å². The summed E-state index contributed by atoms with van der Waals surface area (Å²) in [6, 6.07) is 3.02. The summed E-state index contributed by atoms with van der Waals surface area (Å²) in [5, 5.41) is 2.80. The molecule has 8 heteroatoms. The number of rotatable bonds is 5.